The van der Waals surface area contributed by atoms with Gasteiger partial charge in [0.25, 0.3) is 0 Å². The number of carbonyl (C=O) groups excluding carboxylic acids is 1. The second kappa shape index (κ2) is 9.90. The summed E-state index contributed by atoms with van der Waals surface area (Å²) < 4.78 is 1.31. The molecule has 0 aliphatic heterocycles. The first-order valence-corrected chi connectivity index (χ1v) is 10.7. The minimum absolute atomic E-state index is 0.150. The first kappa shape index (κ1) is 24.1. The van der Waals surface area contributed by atoms with Gasteiger partial charge in [-0.15, -0.1) is 0 Å². The number of hydrogen-bond donors (Lipinski definition) is 0. The van der Waals surface area contributed by atoms with Gasteiger partial charge in [-0.05, 0) is 23.8 Å². The van der Waals surface area contributed by atoms with E-state index in [1.54, 1.807) is 54.6 Å². The van der Waals surface area contributed by atoms with Crippen LogP contribution in [0.15, 0.2) is 60.7 Å². The molecule has 31 heavy (non-hydrogen) atoms. The fraction of sp³-hybridized carbons (Fsp3) is 0.100. The van der Waals surface area contributed by atoms with E-state index >= 15 is 0 Å². The van der Waals surface area contributed by atoms with Gasteiger partial charge in [-0.1, -0.05) is 112 Å². The number of halogens is 6. The summed E-state index contributed by atoms with van der Waals surface area (Å²) in [5, 5.41) is 0. The van der Waals surface area contributed by atoms with Gasteiger partial charge in [0.2, 0.25) is 7.59 Å². The van der Waals surface area contributed by atoms with E-state index in [2.05, 4.69) is 15.0 Å². The SMILES string of the molecule is O=C(/C=C/c1ccc(-c2nc(C(Cl)(Cl)Cl)nc(C(Cl)(Cl)Cl)n2)cc1)Oc1ccccc1. The Morgan fingerprint density at radius 2 is 1.32 bits per heavy atom. The molecule has 3 aromatic rings. The van der Waals surface area contributed by atoms with Crippen molar-refractivity contribution in [3.63, 3.8) is 0 Å². The summed E-state index contributed by atoms with van der Waals surface area (Å²) in [5.74, 6) is -0.270. The van der Waals surface area contributed by atoms with E-state index in [0.29, 0.717) is 11.3 Å². The number of rotatable bonds is 4. The van der Waals surface area contributed by atoms with E-state index in [1.807, 2.05) is 6.07 Å². The van der Waals surface area contributed by atoms with Gasteiger partial charge in [0.1, 0.15) is 5.75 Å². The minimum Gasteiger partial charge on any atom is -0.423 e. The number of hydrogen-bond acceptors (Lipinski definition) is 5. The molecule has 0 atom stereocenters. The Morgan fingerprint density at radius 1 is 0.774 bits per heavy atom. The zero-order chi connectivity index (χ0) is 22.6. The van der Waals surface area contributed by atoms with Crippen LogP contribution >= 0.6 is 69.6 Å². The normalized spacial score (nSPS) is 12.2. The van der Waals surface area contributed by atoms with E-state index in [9.17, 15) is 4.79 Å². The minimum atomic E-state index is -1.94. The Balaban J connectivity index is 1.81. The second-order valence-corrected chi connectivity index (χ2v) is 10.6. The fourth-order valence-electron chi connectivity index (χ4n) is 2.30. The molecule has 3 rings (SSSR count). The Bertz CT molecular complexity index is 1060. The summed E-state index contributed by atoms with van der Waals surface area (Å²) in [6.07, 6.45) is 2.91. The molecule has 0 fully saturated rings. The average molecular weight is 538 g/mol. The number of aromatic nitrogens is 3. The molecule has 0 bridgehead atoms. The van der Waals surface area contributed by atoms with Crippen LogP contribution in [0.25, 0.3) is 17.5 Å². The summed E-state index contributed by atoms with van der Waals surface area (Å²) in [5.41, 5.74) is 1.28. The molecule has 0 N–H and O–H groups in total. The predicted molar refractivity (Wildman–Crippen MR) is 125 cm³/mol. The van der Waals surface area contributed by atoms with Crippen LogP contribution in [0.4, 0.5) is 0 Å². The van der Waals surface area contributed by atoms with Crippen LogP contribution in [0.3, 0.4) is 0 Å². The molecule has 11 heteroatoms. The molecule has 0 radical (unpaired) electrons. The highest BCUT2D eigenvalue weighted by Gasteiger charge is 2.34. The molecule has 0 amide bonds. The average Bonchev–Trinajstić information content (AvgIpc) is 2.72. The van der Waals surface area contributed by atoms with Gasteiger partial charge in [0.15, 0.2) is 17.5 Å². The maximum atomic E-state index is 11.9. The van der Waals surface area contributed by atoms with Crippen LogP contribution in [-0.2, 0) is 12.4 Å². The fourth-order valence-corrected chi connectivity index (χ4v) is 2.81. The molecule has 2 aromatic carbocycles. The summed E-state index contributed by atoms with van der Waals surface area (Å²) in [6.45, 7) is 0. The summed E-state index contributed by atoms with van der Waals surface area (Å²) >= 11 is 35.3. The molecular formula is C20H11Cl6N3O2. The molecule has 0 unspecified atom stereocenters. The van der Waals surface area contributed by atoms with E-state index in [1.165, 1.54) is 6.08 Å². The van der Waals surface area contributed by atoms with Crippen molar-refractivity contribution < 1.29 is 9.53 Å². The van der Waals surface area contributed by atoms with Gasteiger partial charge >= 0.3 is 5.97 Å². The molecular weight excluding hydrogens is 527 g/mol. The van der Waals surface area contributed by atoms with Crippen molar-refractivity contribution in [1.82, 2.24) is 15.0 Å². The Labute approximate surface area is 207 Å². The summed E-state index contributed by atoms with van der Waals surface area (Å²) in [4.78, 5) is 24.2. The van der Waals surface area contributed by atoms with Crippen LogP contribution in [0.5, 0.6) is 5.75 Å². The highest BCUT2D eigenvalue weighted by atomic mass is 35.6. The molecule has 1 heterocycles. The third kappa shape index (κ3) is 6.94. The molecule has 1 aromatic heterocycles. The maximum Gasteiger partial charge on any atom is 0.336 e. The highest BCUT2D eigenvalue weighted by molar-refractivity contribution is 6.67. The lowest BCUT2D eigenvalue weighted by atomic mass is 10.1. The van der Waals surface area contributed by atoms with Crippen LogP contribution < -0.4 is 4.74 Å². The number of para-hydroxylation sites is 1. The first-order valence-electron chi connectivity index (χ1n) is 8.48. The molecule has 0 saturated carbocycles. The van der Waals surface area contributed by atoms with Crippen molar-refractivity contribution in [2.45, 2.75) is 7.59 Å². The van der Waals surface area contributed by atoms with Crippen molar-refractivity contribution in [3.05, 3.63) is 77.9 Å². The van der Waals surface area contributed by atoms with Gasteiger partial charge < -0.3 is 4.74 Å². The number of nitrogens with zero attached hydrogens (tertiary/aromatic N) is 3. The third-order valence-electron chi connectivity index (χ3n) is 3.68. The van der Waals surface area contributed by atoms with Gasteiger partial charge in [0.05, 0.1) is 0 Å². The predicted octanol–water partition coefficient (Wildman–Crippen LogP) is 6.81. The Kier molecular flexibility index (Phi) is 7.68. The molecule has 0 spiro atoms. The van der Waals surface area contributed by atoms with Crippen molar-refractivity contribution >= 4 is 81.7 Å². The Hall–Kier alpha value is -1.60. The largest absolute Gasteiger partial charge is 0.423 e. The standard InChI is InChI=1S/C20H11Cl6N3O2/c21-19(22,23)17-27-16(28-18(29-17)20(24,25)26)13-9-6-12(7-10-13)8-11-15(30)31-14-4-2-1-3-5-14/h1-11H/b11-8+. The molecule has 5 nitrogen and oxygen atoms in total. The second-order valence-electron chi connectivity index (χ2n) is 5.99. The zero-order valence-corrected chi connectivity index (χ0v) is 19.8. The van der Waals surface area contributed by atoms with Crippen LogP contribution in [0.1, 0.15) is 17.2 Å². The van der Waals surface area contributed by atoms with Gasteiger partial charge in [-0.25, -0.2) is 19.7 Å². The lowest BCUT2D eigenvalue weighted by Gasteiger charge is -2.15. The van der Waals surface area contributed by atoms with E-state index < -0.39 is 13.6 Å². The van der Waals surface area contributed by atoms with Gasteiger partial charge in [0, 0.05) is 11.6 Å². The van der Waals surface area contributed by atoms with E-state index in [0.717, 1.165) is 5.56 Å². The molecule has 0 aliphatic carbocycles. The van der Waals surface area contributed by atoms with Crippen LogP contribution in [0, 0.1) is 0 Å². The van der Waals surface area contributed by atoms with Crippen molar-refractivity contribution in [2.24, 2.45) is 0 Å². The third-order valence-corrected chi connectivity index (χ3v) is 4.70. The van der Waals surface area contributed by atoms with Gasteiger partial charge in [-0.2, -0.15) is 0 Å². The maximum absolute atomic E-state index is 11.9. The van der Waals surface area contributed by atoms with Crippen LogP contribution in [-0.4, -0.2) is 20.9 Å². The van der Waals surface area contributed by atoms with E-state index in [-0.39, 0.29) is 17.5 Å². The lowest BCUT2D eigenvalue weighted by molar-refractivity contribution is -0.128. The lowest BCUT2D eigenvalue weighted by Crippen LogP contribution is -2.16. The monoisotopic (exact) mass is 535 g/mol. The van der Waals surface area contributed by atoms with Crippen molar-refractivity contribution in [3.8, 4) is 17.1 Å². The first-order chi connectivity index (χ1) is 14.5. The number of ether oxygens (including phenoxy) is 1. The van der Waals surface area contributed by atoms with Crippen LogP contribution in [0.2, 0.25) is 0 Å². The number of benzene rings is 2. The Morgan fingerprint density at radius 3 is 1.84 bits per heavy atom. The number of alkyl halides is 6. The topological polar surface area (TPSA) is 65.0 Å². The quantitative estimate of drug-likeness (QED) is 0.158. The summed E-state index contributed by atoms with van der Waals surface area (Å²) in [6, 6.07) is 15.6. The van der Waals surface area contributed by atoms with E-state index in [4.69, 9.17) is 74.3 Å². The number of carbonyl (C=O) groups is 1. The van der Waals surface area contributed by atoms with Crippen molar-refractivity contribution in [1.29, 1.82) is 0 Å². The van der Waals surface area contributed by atoms with Crippen molar-refractivity contribution in [2.75, 3.05) is 0 Å². The highest BCUT2D eigenvalue weighted by Crippen LogP contribution is 2.40. The van der Waals surface area contributed by atoms with Gasteiger partial charge in [-0.3, -0.25) is 0 Å². The molecule has 160 valence electrons. The molecule has 0 saturated heterocycles. The number of esters is 1. The molecule has 0 aliphatic rings. The summed E-state index contributed by atoms with van der Waals surface area (Å²) in [7, 11) is 0. The smallest absolute Gasteiger partial charge is 0.336 e. The zero-order valence-electron chi connectivity index (χ0n) is 15.3.